The fourth-order valence-corrected chi connectivity index (χ4v) is 4.30. The fourth-order valence-electron chi connectivity index (χ4n) is 4.13. The second-order valence-electron chi connectivity index (χ2n) is 7.87. The molecule has 0 spiro atoms. The summed E-state index contributed by atoms with van der Waals surface area (Å²) in [5, 5.41) is 12.7. The van der Waals surface area contributed by atoms with Gasteiger partial charge in [-0.05, 0) is 72.1 Å². The zero-order chi connectivity index (χ0) is 23.8. The van der Waals surface area contributed by atoms with E-state index in [0.717, 1.165) is 16.7 Å². The smallest absolute Gasteiger partial charge is 0.335 e. The van der Waals surface area contributed by atoms with E-state index in [1.54, 1.807) is 35.4 Å². The van der Waals surface area contributed by atoms with Crippen LogP contribution in [0.1, 0.15) is 15.9 Å². The molecule has 1 aliphatic heterocycles. The number of hydrogen-bond acceptors (Lipinski definition) is 4. The van der Waals surface area contributed by atoms with Gasteiger partial charge in [-0.3, -0.25) is 0 Å². The normalized spacial score (nSPS) is 12.5. The van der Waals surface area contributed by atoms with E-state index in [-0.39, 0.29) is 11.3 Å². The Kier molecular flexibility index (Phi) is 5.63. The monoisotopic (exact) mass is 477 g/mol. The minimum Gasteiger partial charge on any atom is -0.478 e. The number of aromatic carboxylic acids is 1. The van der Waals surface area contributed by atoms with Gasteiger partial charge in [-0.15, -0.1) is 0 Å². The number of carboxylic acids is 1. The van der Waals surface area contributed by atoms with Crippen molar-refractivity contribution in [2.75, 3.05) is 16.8 Å². The van der Waals surface area contributed by atoms with Crippen molar-refractivity contribution in [2.24, 2.45) is 0 Å². The summed E-state index contributed by atoms with van der Waals surface area (Å²) >= 11 is 6.28. The van der Waals surface area contributed by atoms with Crippen molar-refractivity contribution in [3.8, 4) is 11.1 Å². The van der Waals surface area contributed by atoms with E-state index >= 15 is 0 Å². The Balaban J connectivity index is 1.57. The number of aromatic nitrogens is 1. The molecule has 3 aromatic carbocycles. The maximum atomic E-state index is 14.7. The van der Waals surface area contributed by atoms with Crippen molar-refractivity contribution in [3.05, 3.63) is 101 Å². The highest BCUT2D eigenvalue weighted by Crippen LogP contribution is 2.43. The molecule has 1 aliphatic rings. The maximum absolute atomic E-state index is 14.7. The number of carbonyl (C=O) groups is 1. The number of carboxylic acid groups (broad SMARTS) is 1. The SMILES string of the molecule is O=C(O)c1ccc(Nc2cc3c(cn2)CCN(c2c(F)cccc2F)c2cc(Cl)ccc2-3)cc1. The molecule has 1 aromatic heterocycles. The lowest BCUT2D eigenvalue weighted by Gasteiger charge is -2.26. The van der Waals surface area contributed by atoms with Crippen LogP contribution in [-0.2, 0) is 6.42 Å². The van der Waals surface area contributed by atoms with Crippen LogP contribution >= 0.6 is 11.6 Å². The highest BCUT2D eigenvalue weighted by Gasteiger charge is 2.26. The molecule has 2 heterocycles. The molecule has 0 amide bonds. The number of para-hydroxylation sites is 1. The van der Waals surface area contributed by atoms with Gasteiger partial charge in [0, 0.05) is 29.0 Å². The number of nitrogens with zero attached hydrogens (tertiary/aromatic N) is 2. The van der Waals surface area contributed by atoms with Crippen molar-refractivity contribution in [1.29, 1.82) is 0 Å². The molecule has 170 valence electrons. The second-order valence-corrected chi connectivity index (χ2v) is 8.30. The van der Waals surface area contributed by atoms with Gasteiger partial charge in [0.05, 0.1) is 11.3 Å². The Morgan fingerprint density at radius 2 is 1.74 bits per heavy atom. The first kappa shape index (κ1) is 21.9. The zero-order valence-electron chi connectivity index (χ0n) is 17.7. The first-order valence-corrected chi connectivity index (χ1v) is 10.9. The Morgan fingerprint density at radius 1 is 1.00 bits per heavy atom. The van der Waals surface area contributed by atoms with Crippen LogP contribution in [-0.4, -0.2) is 22.6 Å². The third-order valence-electron chi connectivity index (χ3n) is 5.74. The van der Waals surface area contributed by atoms with Crippen molar-refractivity contribution in [3.63, 3.8) is 0 Å². The van der Waals surface area contributed by atoms with Crippen LogP contribution in [0.5, 0.6) is 0 Å². The van der Waals surface area contributed by atoms with E-state index in [2.05, 4.69) is 10.3 Å². The van der Waals surface area contributed by atoms with Gasteiger partial charge in [0.1, 0.15) is 23.1 Å². The van der Waals surface area contributed by atoms with Gasteiger partial charge in [0.2, 0.25) is 0 Å². The molecule has 0 saturated heterocycles. The van der Waals surface area contributed by atoms with E-state index in [1.807, 2.05) is 12.1 Å². The minimum atomic E-state index is -0.999. The highest BCUT2D eigenvalue weighted by molar-refractivity contribution is 6.31. The van der Waals surface area contributed by atoms with Gasteiger partial charge < -0.3 is 15.3 Å². The quantitative estimate of drug-likeness (QED) is 0.338. The molecular formula is C26H18ClF2N3O2. The first-order chi connectivity index (χ1) is 16.4. The standard InChI is InChI=1S/C26H18ClF2N3O2/c27-17-6-9-19-20-13-24(31-18-7-4-15(5-8-18)26(33)34)30-14-16(20)10-11-32(23(19)12-17)25-21(28)2-1-3-22(25)29/h1-9,12-14H,10-11H2,(H,30,31)(H,33,34). The molecule has 0 bridgehead atoms. The first-order valence-electron chi connectivity index (χ1n) is 10.5. The number of rotatable bonds is 4. The third kappa shape index (κ3) is 4.06. The Bertz CT molecular complexity index is 1390. The molecule has 0 fully saturated rings. The molecule has 8 heteroatoms. The second kappa shape index (κ2) is 8.76. The van der Waals surface area contributed by atoms with Crippen LogP contribution in [0, 0.1) is 11.6 Å². The molecule has 0 saturated carbocycles. The predicted octanol–water partition coefficient (Wildman–Crippen LogP) is 6.82. The minimum absolute atomic E-state index is 0.122. The summed E-state index contributed by atoms with van der Waals surface area (Å²) < 4.78 is 29.4. The number of hydrogen-bond donors (Lipinski definition) is 2. The van der Waals surface area contributed by atoms with Crippen LogP contribution in [0.4, 0.5) is 31.7 Å². The van der Waals surface area contributed by atoms with E-state index in [0.29, 0.717) is 35.2 Å². The van der Waals surface area contributed by atoms with Crippen molar-refractivity contribution < 1.29 is 18.7 Å². The number of halogens is 3. The van der Waals surface area contributed by atoms with Gasteiger partial charge in [0.15, 0.2) is 0 Å². The molecule has 0 unspecified atom stereocenters. The van der Waals surface area contributed by atoms with Crippen molar-refractivity contribution in [1.82, 2.24) is 4.98 Å². The van der Waals surface area contributed by atoms with E-state index in [9.17, 15) is 13.6 Å². The predicted molar refractivity (Wildman–Crippen MR) is 128 cm³/mol. The van der Waals surface area contributed by atoms with E-state index < -0.39 is 17.6 Å². The topological polar surface area (TPSA) is 65.5 Å². The summed E-state index contributed by atoms with van der Waals surface area (Å²) in [5.41, 5.74) is 3.90. The summed E-state index contributed by atoms with van der Waals surface area (Å²) in [5.74, 6) is -1.75. The molecule has 0 aliphatic carbocycles. The van der Waals surface area contributed by atoms with Crippen LogP contribution in [0.2, 0.25) is 5.02 Å². The van der Waals surface area contributed by atoms with Crippen LogP contribution in [0.25, 0.3) is 11.1 Å². The fraction of sp³-hybridized carbons (Fsp3) is 0.0769. The lowest BCUT2D eigenvalue weighted by atomic mass is 9.99. The van der Waals surface area contributed by atoms with Crippen molar-refractivity contribution >= 4 is 40.5 Å². The van der Waals surface area contributed by atoms with Gasteiger partial charge in [-0.25, -0.2) is 18.6 Å². The molecule has 5 rings (SSSR count). The molecule has 4 aromatic rings. The Morgan fingerprint density at radius 3 is 2.44 bits per heavy atom. The third-order valence-corrected chi connectivity index (χ3v) is 5.98. The molecule has 5 nitrogen and oxygen atoms in total. The summed E-state index contributed by atoms with van der Waals surface area (Å²) in [6.07, 6.45) is 2.25. The average molecular weight is 478 g/mol. The summed E-state index contributed by atoms with van der Waals surface area (Å²) in [4.78, 5) is 17.2. The Labute approximate surface area is 199 Å². The number of benzene rings is 3. The molecular weight excluding hydrogens is 460 g/mol. The molecule has 2 N–H and O–H groups in total. The van der Waals surface area contributed by atoms with E-state index in [4.69, 9.17) is 16.7 Å². The zero-order valence-corrected chi connectivity index (χ0v) is 18.5. The summed E-state index contributed by atoms with van der Waals surface area (Å²) in [6.45, 7) is 0.337. The number of nitrogens with one attached hydrogen (secondary N) is 1. The number of anilines is 4. The lowest BCUT2D eigenvalue weighted by molar-refractivity contribution is 0.0697. The molecule has 0 radical (unpaired) electrons. The largest absolute Gasteiger partial charge is 0.478 e. The Hall–Kier alpha value is -3.97. The maximum Gasteiger partial charge on any atom is 0.335 e. The summed E-state index contributed by atoms with van der Waals surface area (Å²) in [7, 11) is 0. The lowest BCUT2D eigenvalue weighted by Crippen LogP contribution is -2.21. The van der Waals surface area contributed by atoms with Crippen LogP contribution in [0.15, 0.2) is 72.9 Å². The summed E-state index contributed by atoms with van der Waals surface area (Å²) in [6, 6.07) is 17.3. The van der Waals surface area contributed by atoms with Gasteiger partial charge in [0.25, 0.3) is 0 Å². The van der Waals surface area contributed by atoms with Gasteiger partial charge in [-0.1, -0.05) is 23.7 Å². The molecule has 34 heavy (non-hydrogen) atoms. The number of pyridine rings is 1. The van der Waals surface area contributed by atoms with Crippen molar-refractivity contribution in [2.45, 2.75) is 6.42 Å². The van der Waals surface area contributed by atoms with E-state index in [1.165, 1.54) is 30.3 Å². The number of fused-ring (bicyclic) bond motifs is 3. The van der Waals surface area contributed by atoms with Crippen LogP contribution < -0.4 is 10.2 Å². The van der Waals surface area contributed by atoms with Gasteiger partial charge in [-0.2, -0.15) is 0 Å². The average Bonchev–Trinajstić information content (AvgIpc) is 2.96. The molecule has 0 atom stereocenters. The van der Waals surface area contributed by atoms with Gasteiger partial charge >= 0.3 is 5.97 Å². The van der Waals surface area contributed by atoms with Crippen LogP contribution in [0.3, 0.4) is 0 Å². The highest BCUT2D eigenvalue weighted by atomic mass is 35.5.